The van der Waals surface area contributed by atoms with E-state index in [1.807, 2.05) is 27.7 Å². The first-order chi connectivity index (χ1) is 20.8. The van der Waals surface area contributed by atoms with Gasteiger partial charge in [-0.05, 0) is 54.7 Å². The number of hydrogen-bond donors (Lipinski definition) is 7. The normalized spacial score (nSPS) is 21.9. The SMILES string of the molecule is CC.CC.NC(=O)C1=C(O)[C@@]2(O)C(=O)C3=C(O)c4c(O)c(CNC(=O)Oc5ccc(Br)cc5)cc(N)c4CC3C[C@H]2CC1=O. The topological polar surface area (TPSA) is 222 Å². The monoisotopic (exact) mass is 673 g/mol. The molecule has 0 radical (unpaired) electrons. The van der Waals surface area contributed by atoms with Crippen LogP contribution in [0.5, 0.6) is 11.5 Å². The summed E-state index contributed by atoms with van der Waals surface area (Å²) in [5.74, 6) is -6.99. The molecular formula is C31H36BrN3O9. The number of Topliss-reactive ketones (excluding diaryl/α,β-unsaturated/α-hetero) is 2. The number of phenolic OH excluding ortho intramolecular Hbond substituents is 1. The molecule has 2 aromatic carbocycles. The van der Waals surface area contributed by atoms with Gasteiger partial charge in [-0.1, -0.05) is 43.6 Å². The van der Waals surface area contributed by atoms with Gasteiger partial charge in [0.2, 0.25) is 5.78 Å². The smallest absolute Gasteiger partial charge is 0.412 e. The molecule has 236 valence electrons. The van der Waals surface area contributed by atoms with Crippen LogP contribution in [0.3, 0.4) is 0 Å². The lowest BCUT2D eigenvalue weighted by atomic mass is 9.59. The molecule has 3 aliphatic carbocycles. The molecule has 0 spiro atoms. The summed E-state index contributed by atoms with van der Waals surface area (Å²) in [4.78, 5) is 50.1. The van der Waals surface area contributed by atoms with Crippen molar-refractivity contribution in [3.63, 3.8) is 0 Å². The summed E-state index contributed by atoms with van der Waals surface area (Å²) < 4.78 is 5.98. The van der Waals surface area contributed by atoms with E-state index >= 15 is 0 Å². The highest BCUT2D eigenvalue weighted by atomic mass is 79.9. The Balaban J connectivity index is 0.00000127. The van der Waals surface area contributed by atoms with E-state index in [9.17, 15) is 39.6 Å². The Labute approximate surface area is 262 Å². The van der Waals surface area contributed by atoms with Gasteiger partial charge in [0.25, 0.3) is 5.91 Å². The van der Waals surface area contributed by atoms with Gasteiger partial charge in [0.15, 0.2) is 11.4 Å². The zero-order chi connectivity index (χ0) is 33.1. The first-order valence-electron chi connectivity index (χ1n) is 14.2. The Hall–Kier alpha value is -4.36. The summed E-state index contributed by atoms with van der Waals surface area (Å²) in [5.41, 5.74) is 8.09. The maximum absolute atomic E-state index is 13.6. The number of anilines is 1. The number of rotatable bonds is 4. The molecule has 12 nitrogen and oxygen atoms in total. The van der Waals surface area contributed by atoms with E-state index in [-0.39, 0.29) is 47.5 Å². The number of aromatic hydroxyl groups is 1. The van der Waals surface area contributed by atoms with Crippen LogP contribution in [0.25, 0.3) is 5.76 Å². The number of fused-ring (bicyclic) bond motifs is 3. The molecule has 44 heavy (non-hydrogen) atoms. The number of benzene rings is 2. The molecule has 0 heterocycles. The quantitative estimate of drug-likeness (QED) is 0.140. The Kier molecular flexibility index (Phi) is 10.5. The fraction of sp³-hybridized carbons (Fsp3) is 0.355. The van der Waals surface area contributed by atoms with E-state index in [0.29, 0.717) is 5.56 Å². The van der Waals surface area contributed by atoms with Crippen LogP contribution in [-0.4, -0.2) is 49.6 Å². The summed E-state index contributed by atoms with van der Waals surface area (Å²) in [6.07, 6.45) is -1.17. The Morgan fingerprint density at radius 2 is 1.68 bits per heavy atom. The number of carbonyl (C=O) groups is 4. The molecule has 0 bridgehead atoms. The number of amides is 2. The van der Waals surface area contributed by atoms with Gasteiger partial charge in [-0.2, -0.15) is 0 Å². The van der Waals surface area contributed by atoms with Crippen molar-refractivity contribution in [3.8, 4) is 11.5 Å². The van der Waals surface area contributed by atoms with Crippen molar-refractivity contribution >= 4 is 50.9 Å². The molecule has 1 fully saturated rings. The molecule has 0 saturated heterocycles. The van der Waals surface area contributed by atoms with Crippen LogP contribution >= 0.6 is 15.9 Å². The lowest BCUT2D eigenvalue weighted by molar-refractivity contribution is -0.147. The van der Waals surface area contributed by atoms with E-state index in [4.69, 9.17) is 16.2 Å². The standard InChI is InChI=1S/C27H24BrN3O9.2C2H6/c28-13-1-3-14(4-2-13)40-26(38)31-9-11-7-16(29)15-6-10-5-12-8-17(32)20(25(30)37)24(36)27(12,39)23(35)18(10)22(34)19(15)21(11)33;2*1-2/h1-4,7,10,12,33-34,36,39H,5-6,8-9,29H2,(H2,30,37)(H,31,38);2*1-2H3/t10?,12-,27-;;/m0../s1. The molecule has 2 amide bonds. The highest BCUT2D eigenvalue weighted by molar-refractivity contribution is 9.10. The maximum Gasteiger partial charge on any atom is 0.412 e. The van der Waals surface area contributed by atoms with Crippen molar-refractivity contribution in [2.75, 3.05) is 5.73 Å². The summed E-state index contributed by atoms with van der Waals surface area (Å²) in [5, 5.41) is 46.7. The second kappa shape index (κ2) is 13.5. The zero-order valence-electron chi connectivity index (χ0n) is 24.7. The van der Waals surface area contributed by atoms with E-state index in [2.05, 4.69) is 21.2 Å². The molecule has 9 N–H and O–H groups in total. The molecule has 0 aliphatic heterocycles. The maximum atomic E-state index is 13.6. The third-order valence-electron chi connectivity index (χ3n) is 7.62. The number of aliphatic hydroxyl groups excluding tert-OH is 2. The van der Waals surface area contributed by atoms with Gasteiger partial charge in [-0.3, -0.25) is 14.4 Å². The van der Waals surface area contributed by atoms with E-state index in [1.54, 1.807) is 24.3 Å². The number of carbonyl (C=O) groups excluding carboxylic acids is 4. The third kappa shape index (κ3) is 5.89. The van der Waals surface area contributed by atoms with Gasteiger partial charge in [0.1, 0.15) is 28.6 Å². The van der Waals surface area contributed by atoms with E-state index in [0.717, 1.165) is 4.47 Å². The lowest BCUT2D eigenvalue weighted by Gasteiger charge is -2.46. The number of nitrogens with one attached hydrogen (secondary N) is 1. The van der Waals surface area contributed by atoms with Crippen molar-refractivity contribution < 1.29 is 44.3 Å². The number of phenols is 1. The molecule has 1 saturated carbocycles. The largest absolute Gasteiger partial charge is 0.508 e. The average Bonchev–Trinajstić information content (AvgIpc) is 2.99. The van der Waals surface area contributed by atoms with Gasteiger partial charge in [-0.15, -0.1) is 0 Å². The van der Waals surface area contributed by atoms with Gasteiger partial charge in [-0.25, -0.2) is 4.79 Å². The molecule has 3 atom stereocenters. The van der Waals surface area contributed by atoms with Gasteiger partial charge >= 0.3 is 6.09 Å². The summed E-state index contributed by atoms with van der Waals surface area (Å²) in [6, 6.07) is 7.93. The van der Waals surface area contributed by atoms with Crippen LogP contribution in [0.15, 0.2) is 51.7 Å². The predicted molar refractivity (Wildman–Crippen MR) is 166 cm³/mol. The highest BCUT2D eigenvalue weighted by Gasteiger charge is 2.60. The number of hydrogen-bond acceptors (Lipinski definition) is 10. The number of nitrogen functional groups attached to an aromatic ring is 1. The summed E-state index contributed by atoms with van der Waals surface area (Å²) in [6.45, 7) is 7.75. The van der Waals surface area contributed by atoms with Crippen LogP contribution in [0.4, 0.5) is 10.5 Å². The van der Waals surface area contributed by atoms with Crippen molar-refractivity contribution in [3.05, 3.63) is 68.4 Å². The number of ketones is 2. The Bertz CT molecular complexity index is 1570. The van der Waals surface area contributed by atoms with Crippen LogP contribution in [0.1, 0.15) is 57.2 Å². The van der Waals surface area contributed by atoms with Gasteiger partial charge in [0, 0.05) is 40.2 Å². The number of nitrogens with two attached hydrogens (primary N) is 2. The first kappa shape index (κ1) is 34.1. The van der Waals surface area contributed by atoms with Crippen LogP contribution in [0, 0.1) is 11.8 Å². The van der Waals surface area contributed by atoms with E-state index < -0.39 is 70.3 Å². The number of aliphatic hydroxyl groups is 3. The Morgan fingerprint density at radius 3 is 2.27 bits per heavy atom. The second-order valence-corrected chi connectivity index (χ2v) is 10.8. The lowest BCUT2D eigenvalue weighted by Crippen LogP contribution is -2.58. The molecule has 13 heteroatoms. The minimum Gasteiger partial charge on any atom is -0.508 e. The fourth-order valence-electron chi connectivity index (χ4n) is 5.72. The molecule has 0 aromatic heterocycles. The predicted octanol–water partition coefficient (Wildman–Crippen LogP) is 4.11. The third-order valence-corrected chi connectivity index (χ3v) is 8.15. The first-order valence-corrected chi connectivity index (χ1v) is 15.0. The van der Waals surface area contributed by atoms with Crippen LogP contribution in [0.2, 0.25) is 0 Å². The minimum absolute atomic E-state index is 0.00563. The molecule has 1 unspecified atom stereocenters. The van der Waals surface area contributed by atoms with Crippen LogP contribution in [-0.2, 0) is 27.3 Å². The van der Waals surface area contributed by atoms with Gasteiger partial charge < -0.3 is 41.9 Å². The minimum atomic E-state index is -2.66. The molecule has 5 rings (SSSR count). The van der Waals surface area contributed by atoms with Crippen molar-refractivity contribution in [2.45, 2.75) is 59.1 Å². The Morgan fingerprint density at radius 1 is 1.07 bits per heavy atom. The average molecular weight is 675 g/mol. The van der Waals surface area contributed by atoms with Crippen molar-refractivity contribution in [1.82, 2.24) is 5.32 Å². The van der Waals surface area contributed by atoms with Crippen molar-refractivity contribution in [1.29, 1.82) is 0 Å². The van der Waals surface area contributed by atoms with Crippen LogP contribution < -0.4 is 21.5 Å². The van der Waals surface area contributed by atoms with E-state index in [1.165, 1.54) is 6.07 Å². The molecule has 2 aromatic rings. The summed E-state index contributed by atoms with van der Waals surface area (Å²) >= 11 is 3.28. The summed E-state index contributed by atoms with van der Waals surface area (Å²) in [7, 11) is 0. The second-order valence-electron chi connectivity index (χ2n) is 9.93. The van der Waals surface area contributed by atoms with Crippen molar-refractivity contribution in [2.24, 2.45) is 17.6 Å². The molecule has 3 aliphatic rings. The number of ether oxygens (including phenoxy) is 1. The number of primary amides is 1. The highest BCUT2D eigenvalue weighted by Crippen LogP contribution is 2.53. The molecular weight excluding hydrogens is 638 g/mol. The van der Waals surface area contributed by atoms with Gasteiger partial charge in [0.05, 0.1) is 5.56 Å². The zero-order valence-corrected chi connectivity index (χ0v) is 26.3. The fourth-order valence-corrected chi connectivity index (χ4v) is 5.99. The number of halogens is 1.